The number of benzene rings is 2. The molecule has 1 aliphatic carbocycles. The number of rotatable bonds is 6. The number of aliphatic hydroxyl groups excluding tert-OH is 1. The Labute approximate surface area is 219 Å². The molecule has 1 saturated heterocycles. The molecule has 0 bridgehead atoms. The lowest BCUT2D eigenvalue weighted by Crippen LogP contribution is -2.47. The molecule has 198 valence electrons. The zero-order valence-corrected chi connectivity index (χ0v) is 21.1. The van der Waals surface area contributed by atoms with Crippen molar-refractivity contribution in [3.8, 4) is 6.07 Å². The quantitative estimate of drug-likeness (QED) is 0.487. The summed E-state index contributed by atoms with van der Waals surface area (Å²) in [6.07, 6.45) is -1.16. The molecule has 2 aliphatic rings. The Morgan fingerprint density at radius 1 is 1.16 bits per heavy atom. The number of hydrogen-bond donors (Lipinski definition) is 2. The Kier molecular flexibility index (Phi) is 8.63. The number of halogens is 4. The van der Waals surface area contributed by atoms with Crippen LogP contribution in [0.25, 0.3) is 0 Å². The molecule has 4 rings (SSSR count). The van der Waals surface area contributed by atoms with E-state index in [1.807, 2.05) is 18.2 Å². The molecule has 2 aromatic carbocycles. The molecule has 37 heavy (non-hydrogen) atoms. The van der Waals surface area contributed by atoms with Gasteiger partial charge in [0.25, 0.3) is 0 Å². The van der Waals surface area contributed by atoms with Gasteiger partial charge >= 0.3 is 12.2 Å². The molecular weight excluding hydrogens is 505 g/mol. The number of hydrogen-bond acceptors (Lipinski definition) is 4. The molecule has 1 saturated carbocycles. The van der Waals surface area contributed by atoms with E-state index in [-0.39, 0.29) is 23.8 Å². The Morgan fingerprint density at radius 2 is 1.92 bits per heavy atom. The van der Waals surface area contributed by atoms with Gasteiger partial charge in [-0.05, 0) is 73.9 Å². The number of nitrogens with zero attached hydrogens (tertiary/aromatic N) is 3. The predicted molar refractivity (Wildman–Crippen MR) is 135 cm³/mol. The number of β-amino-alcohol motifs (C(OH)–C–C–N with tert-alkyl or cyclic N) is 1. The first kappa shape index (κ1) is 27.2. The zero-order chi connectivity index (χ0) is 26.6. The standard InChI is InChI=1S/C27H30ClF3N4O2/c28-25-9-6-21(15-24(25)27(29,30)31)33-26(37)35(13-12-34-11-10-23(36)17-34)22-7-4-19(5-8-22)20-3-1-2-18(14-20)16-32/h1-3,6,9,14-15,19,22-23,36H,4-5,7-8,10-13,17H2,(H,33,37)/t19-,22+,23-/m1/s1. The van der Waals surface area contributed by atoms with Crippen molar-refractivity contribution in [2.24, 2.45) is 0 Å². The van der Waals surface area contributed by atoms with E-state index in [4.69, 9.17) is 11.6 Å². The topological polar surface area (TPSA) is 79.6 Å². The minimum Gasteiger partial charge on any atom is -0.392 e. The molecule has 1 aliphatic heterocycles. The Bertz CT molecular complexity index is 1150. The van der Waals surface area contributed by atoms with Gasteiger partial charge in [-0.1, -0.05) is 23.7 Å². The summed E-state index contributed by atoms with van der Waals surface area (Å²) in [4.78, 5) is 17.2. The second kappa shape index (κ2) is 11.7. The largest absolute Gasteiger partial charge is 0.417 e. The van der Waals surface area contributed by atoms with Gasteiger partial charge in [0.15, 0.2) is 0 Å². The molecule has 10 heteroatoms. The molecule has 0 spiro atoms. The molecule has 2 amide bonds. The summed E-state index contributed by atoms with van der Waals surface area (Å²) in [5.41, 5.74) is 0.769. The third-order valence-corrected chi connectivity index (χ3v) is 7.64. The number of alkyl halides is 3. The van der Waals surface area contributed by atoms with Crippen molar-refractivity contribution in [2.45, 2.75) is 56.3 Å². The highest BCUT2D eigenvalue weighted by atomic mass is 35.5. The lowest BCUT2D eigenvalue weighted by atomic mass is 9.81. The van der Waals surface area contributed by atoms with Crippen LogP contribution in [-0.2, 0) is 6.18 Å². The number of nitriles is 1. The van der Waals surface area contributed by atoms with Crippen LogP contribution in [0.3, 0.4) is 0 Å². The molecule has 0 aromatic heterocycles. The third-order valence-electron chi connectivity index (χ3n) is 7.31. The van der Waals surface area contributed by atoms with Crippen molar-refractivity contribution >= 4 is 23.3 Å². The SMILES string of the molecule is N#Cc1cccc([C@H]2CC[C@@H](N(CCN3CC[C@@H](O)C3)C(=O)Nc3ccc(Cl)c(C(F)(F)F)c3)CC2)c1. The Balaban J connectivity index is 1.46. The summed E-state index contributed by atoms with van der Waals surface area (Å²) in [6.45, 7) is 2.26. The lowest BCUT2D eigenvalue weighted by molar-refractivity contribution is -0.137. The van der Waals surface area contributed by atoms with Crippen LogP contribution >= 0.6 is 11.6 Å². The molecular formula is C27H30ClF3N4O2. The summed E-state index contributed by atoms with van der Waals surface area (Å²) in [5.74, 6) is 0.286. The smallest absolute Gasteiger partial charge is 0.392 e. The molecule has 0 radical (unpaired) electrons. The van der Waals surface area contributed by atoms with E-state index >= 15 is 0 Å². The third kappa shape index (κ3) is 6.95. The summed E-state index contributed by atoms with van der Waals surface area (Å²) < 4.78 is 39.9. The van der Waals surface area contributed by atoms with Crippen LogP contribution in [0.2, 0.25) is 5.02 Å². The first-order chi connectivity index (χ1) is 17.6. The van der Waals surface area contributed by atoms with Gasteiger partial charge in [-0.15, -0.1) is 0 Å². The number of likely N-dealkylation sites (tertiary alicyclic amines) is 1. The maximum absolute atomic E-state index is 13.4. The molecule has 2 N–H and O–H groups in total. The molecule has 2 fully saturated rings. The first-order valence-electron chi connectivity index (χ1n) is 12.5. The van der Waals surface area contributed by atoms with Gasteiger partial charge in [-0.25, -0.2) is 4.79 Å². The van der Waals surface area contributed by atoms with Crippen LogP contribution in [0.1, 0.15) is 54.7 Å². The van der Waals surface area contributed by atoms with Crippen molar-refractivity contribution < 1.29 is 23.1 Å². The number of carbonyl (C=O) groups is 1. The van der Waals surface area contributed by atoms with E-state index in [0.29, 0.717) is 31.6 Å². The normalized spacial score (nSPS) is 22.4. The highest BCUT2D eigenvalue weighted by molar-refractivity contribution is 6.31. The maximum atomic E-state index is 13.4. The molecule has 2 aromatic rings. The van der Waals surface area contributed by atoms with Gasteiger partial charge in [0, 0.05) is 37.9 Å². The monoisotopic (exact) mass is 534 g/mol. The Hall–Kier alpha value is -2.80. The van der Waals surface area contributed by atoms with Gasteiger partial charge in [0.05, 0.1) is 28.3 Å². The average Bonchev–Trinajstić information content (AvgIpc) is 3.30. The number of nitrogens with one attached hydrogen (secondary N) is 1. The average molecular weight is 535 g/mol. The van der Waals surface area contributed by atoms with Crippen molar-refractivity contribution in [2.75, 3.05) is 31.5 Å². The highest BCUT2D eigenvalue weighted by Gasteiger charge is 2.34. The second-order valence-corrected chi connectivity index (χ2v) is 10.2. The van der Waals surface area contributed by atoms with Gasteiger partial charge in [0.1, 0.15) is 0 Å². The first-order valence-corrected chi connectivity index (χ1v) is 12.9. The number of aliphatic hydroxyl groups is 1. The van der Waals surface area contributed by atoms with Crippen molar-refractivity contribution in [3.05, 3.63) is 64.2 Å². The summed E-state index contributed by atoms with van der Waals surface area (Å²) in [7, 11) is 0. The van der Waals surface area contributed by atoms with Crippen LogP contribution in [0.5, 0.6) is 0 Å². The fourth-order valence-electron chi connectivity index (χ4n) is 5.31. The van der Waals surface area contributed by atoms with Crippen LogP contribution in [-0.4, -0.2) is 59.3 Å². The van der Waals surface area contributed by atoms with Gasteiger partial charge < -0.3 is 15.3 Å². The van der Waals surface area contributed by atoms with E-state index in [1.165, 1.54) is 6.07 Å². The van der Waals surface area contributed by atoms with Gasteiger partial charge in [-0.2, -0.15) is 18.4 Å². The van der Waals surface area contributed by atoms with E-state index < -0.39 is 22.8 Å². The number of urea groups is 1. The fraction of sp³-hybridized carbons (Fsp3) is 0.481. The molecule has 1 atom stereocenters. The molecule has 6 nitrogen and oxygen atoms in total. The summed E-state index contributed by atoms with van der Waals surface area (Å²) >= 11 is 5.73. The van der Waals surface area contributed by atoms with E-state index in [9.17, 15) is 28.3 Å². The van der Waals surface area contributed by atoms with Gasteiger partial charge in [-0.3, -0.25) is 4.90 Å². The summed E-state index contributed by atoms with van der Waals surface area (Å²) in [5, 5.41) is 21.3. The molecule has 1 heterocycles. The van der Waals surface area contributed by atoms with Crippen LogP contribution in [0, 0.1) is 11.3 Å². The second-order valence-electron chi connectivity index (χ2n) is 9.80. The molecule has 0 unspecified atom stereocenters. The summed E-state index contributed by atoms with van der Waals surface area (Å²) in [6, 6.07) is 12.6. The number of carbonyl (C=O) groups excluding carboxylic acids is 1. The Morgan fingerprint density at radius 3 is 2.57 bits per heavy atom. The minimum atomic E-state index is -4.63. The van der Waals surface area contributed by atoms with Crippen molar-refractivity contribution in [1.29, 1.82) is 5.26 Å². The van der Waals surface area contributed by atoms with Crippen molar-refractivity contribution in [3.63, 3.8) is 0 Å². The van der Waals surface area contributed by atoms with Crippen LogP contribution in [0.15, 0.2) is 42.5 Å². The zero-order valence-electron chi connectivity index (χ0n) is 20.3. The fourth-order valence-corrected chi connectivity index (χ4v) is 5.54. The minimum absolute atomic E-state index is 0.0327. The maximum Gasteiger partial charge on any atom is 0.417 e. The van der Waals surface area contributed by atoms with Crippen molar-refractivity contribution in [1.82, 2.24) is 9.80 Å². The highest BCUT2D eigenvalue weighted by Crippen LogP contribution is 2.37. The van der Waals surface area contributed by atoms with E-state index in [0.717, 1.165) is 49.9 Å². The van der Waals surface area contributed by atoms with Crippen LogP contribution < -0.4 is 5.32 Å². The van der Waals surface area contributed by atoms with Crippen LogP contribution in [0.4, 0.5) is 23.7 Å². The van der Waals surface area contributed by atoms with E-state index in [2.05, 4.69) is 16.3 Å². The number of anilines is 1. The predicted octanol–water partition coefficient (Wildman–Crippen LogP) is 5.86. The van der Waals surface area contributed by atoms with Gasteiger partial charge in [0.2, 0.25) is 0 Å². The number of amides is 2. The van der Waals surface area contributed by atoms with E-state index in [1.54, 1.807) is 11.0 Å². The lowest BCUT2D eigenvalue weighted by Gasteiger charge is -2.38.